The summed E-state index contributed by atoms with van der Waals surface area (Å²) in [5.74, 6) is -0.0458. The highest BCUT2D eigenvalue weighted by atomic mass is 16.7. The number of hydrogen-bond acceptors (Lipinski definition) is 3. The molecule has 1 heterocycles. The number of benzene rings is 1. The Kier molecular flexibility index (Phi) is 5.10. The molecule has 0 amide bonds. The minimum atomic E-state index is -0.854. The molecule has 3 heteroatoms. The average molecular weight is 274 g/mol. The van der Waals surface area contributed by atoms with Crippen molar-refractivity contribution in [2.75, 3.05) is 6.61 Å². The summed E-state index contributed by atoms with van der Waals surface area (Å²) in [6, 6.07) is 9.76. The van der Waals surface area contributed by atoms with Crippen LogP contribution in [0.1, 0.15) is 38.7 Å². The Bertz CT molecular complexity index is 456. The lowest BCUT2D eigenvalue weighted by atomic mass is 10.0. The highest BCUT2D eigenvalue weighted by molar-refractivity contribution is 5.99. The lowest BCUT2D eigenvalue weighted by Gasteiger charge is -2.31. The predicted molar refractivity (Wildman–Crippen MR) is 79.2 cm³/mol. The van der Waals surface area contributed by atoms with Crippen LogP contribution in [0.3, 0.4) is 0 Å². The zero-order valence-corrected chi connectivity index (χ0v) is 12.2. The molecule has 20 heavy (non-hydrogen) atoms. The molecule has 1 fully saturated rings. The van der Waals surface area contributed by atoms with Crippen LogP contribution < -0.4 is 0 Å². The Balaban J connectivity index is 1.94. The highest BCUT2D eigenvalue weighted by Crippen LogP contribution is 2.22. The summed E-state index contributed by atoms with van der Waals surface area (Å²) in [5.41, 5.74) is 0.151. The van der Waals surface area contributed by atoms with E-state index in [-0.39, 0.29) is 12.1 Å². The second-order valence-corrected chi connectivity index (χ2v) is 5.53. The van der Waals surface area contributed by atoms with Crippen LogP contribution in [0.15, 0.2) is 36.4 Å². The number of rotatable bonds is 5. The van der Waals surface area contributed by atoms with Crippen molar-refractivity contribution in [2.24, 2.45) is 0 Å². The van der Waals surface area contributed by atoms with Crippen molar-refractivity contribution in [2.45, 2.75) is 45.0 Å². The van der Waals surface area contributed by atoms with E-state index in [4.69, 9.17) is 9.47 Å². The molecule has 0 aromatic heterocycles. The summed E-state index contributed by atoms with van der Waals surface area (Å²) in [6.45, 7) is 4.31. The Morgan fingerprint density at radius 3 is 2.70 bits per heavy atom. The van der Waals surface area contributed by atoms with Crippen LogP contribution in [0.25, 0.3) is 6.08 Å². The van der Waals surface area contributed by atoms with Crippen LogP contribution in [0.5, 0.6) is 0 Å². The molecule has 1 atom stereocenters. The van der Waals surface area contributed by atoms with Gasteiger partial charge < -0.3 is 9.47 Å². The monoisotopic (exact) mass is 274 g/mol. The van der Waals surface area contributed by atoms with Crippen LogP contribution in [0.2, 0.25) is 0 Å². The molecule has 0 saturated carbocycles. The van der Waals surface area contributed by atoms with Gasteiger partial charge in [-0.05, 0) is 44.7 Å². The first-order valence-electron chi connectivity index (χ1n) is 7.15. The zero-order chi connectivity index (χ0) is 14.4. The number of ketones is 1. The normalized spacial score (nSPS) is 20.2. The number of hydrogen-bond donors (Lipinski definition) is 0. The molecule has 1 aliphatic heterocycles. The second kappa shape index (κ2) is 6.82. The van der Waals surface area contributed by atoms with Gasteiger partial charge in [0.15, 0.2) is 12.1 Å². The van der Waals surface area contributed by atoms with E-state index in [0.29, 0.717) is 0 Å². The summed E-state index contributed by atoms with van der Waals surface area (Å²) in [5, 5.41) is 0. The first-order valence-corrected chi connectivity index (χ1v) is 7.15. The van der Waals surface area contributed by atoms with Gasteiger partial charge in [0.25, 0.3) is 0 Å². The van der Waals surface area contributed by atoms with Crippen molar-refractivity contribution < 1.29 is 14.3 Å². The quantitative estimate of drug-likeness (QED) is 0.770. The SMILES string of the molecule is CC(C)(OC1CCCCO1)C(=O)/C=C/c1ccccc1. The fourth-order valence-electron chi connectivity index (χ4n) is 2.13. The van der Waals surface area contributed by atoms with Crippen LogP contribution in [0.4, 0.5) is 0 Å². The van der Waals surface area contributed by atoms with Crippen LogP contribution in [0, 0.1) is 0 Å². The van der Waals surface area contributed by atoms with Crippen LogP contribution in [-0.2, 0) is 14.3 Å². The maximum Gasteiger partial charge on any atom is 0.187 e. The van der Waals surface area contributed by atoms with E-state index in [1.165, 1.54) is 0 Å². The molecule has 2 rings (SSSR count). The van der Waals surface area contributed by atoms with Crippen molar-refractivity contribution in [1.29, 1.82) is 0 Å². The van der Waals surface area contributed by atoms with Gasteiger partial charge in [-0.15, -0.1) is 0 Å². The van der Waals surface area contributed by atoms with Crippen molar-refractivity contribution in [3.63, 3.8) is 0 Å². The number of ether oxygens (including phenoxy) is 2. The molecule has 0 spiro atoms. The third-order valence-electron chi connectivity index (χ3n) is 3.38. The van der Waals surface area contributed by atoms with Crippen LogP contribution in [-0.4, -0.2) is 24.3 Å². The predicted octanol–water partition coefficient (Wildman–Crippen LogP) is 3.59. The average Bonchev–Trinajstić information content (AvgIpc) is 2.46. The molecule has 0 aliphatic carbocycles. The third kappa shape index (κ3) is 4.29. The standard InChI is InChI=1S/C17H22O3/c1-17(2,20-16-10-6-7-13-19-16)15(18)12-11-14-8-4-3-5-9-14/h3-5,8-9,11-12,16H,6-7,10,13H2,1-2H3/b12-11+. The van der Waals surface area contributed by atoms with Gasteiger partial charge in [-0.1, -0.05) is 36.4 Å². The smallest absolute Gasteiger partial charge is 0.187 e. The molecule has 0 radical (unpaired) electrons. The fourth-order valence-corrected chi connectivity index (χ4v) is 2.13. The summed E-state index contributed by atoms with van der Waals surface area (Å²) in [4.78, 5) is 12.2. The largest absolute Gasteiger partial charge is 0.353 e. The Hall–Kier alpha value is -1.45. The molecule has 0 N–H and O–H groups in total. The van der Waals surface area contributed by atoms with Gasteiger partial charge in [-0.25, -0.2) is 0 Å². The van der Waals surface area contributed by atoms with Gasteiger partial charge in [0.2, 0.25) is 0 Å². The first-order chi connectivity index (χ1) is 9.58. The summed E-state index contributed by atoms with van der Waals surface area (Å²) in [6.07, 6.45) is 6.16. The zero-order valence-electron chi connectivity index (χ0n) is 12.2. The van der Waals surface area contributed by atoms with Gasteiger partial charge in [0, 0.05) is 6.61 Å². The lowest BCUT2D eigenvalue weighted by Crippen LogP contribution is -2.39. The lowest BCUT2D eigenvalue weighted by molar-refractivity contribution is -0.212. The molecule has 1 aromatic rings. The van der Waals surface area contributed by atoms with Gasteiger partial charge >= 0.3 is 0 Å². The molecular weight excluding hydrogens is 252 g/mol. The summed E-state index contributed by atoms with van der Waals surface area (Å²) < 4.78 is 11.3. The Labute approximate surface area is 120 Å². The van der Waals surface area contributed by atoms with Gasteiger partial charge in [0.1, 0.15) is 5.60 Å². The molecule has 1 aliphatic rings. The highest BCUT2D eigenvalue weighted by Gasteiger charge is 2.31. The minimum absolute atomic E-state index is 0.0458. The third-order valence-corrected chi connectivity index (χ3v) is 3.38. The molecule has 1 unspecified atom stereocenters. The van der Waals surface area contributed by atoms with Crippen molar-refractivity contribution in [3.05, 3.63) is 42.0 Å². The van der Waals surface area contributed by atoms with E-state index >= 15 is 0 Å². The maximum atomic E-state index is 12.2. The number of carbonyl (C=O) groups excluding carboxylic acids is 1. The number of carbonyl (C=O) groups is 1. The van der Waals surface area contributed by atoms with E-state index in [0.717, 1.165) is 31.4 Å². The molecule has 1 aromatic carbocycles. The van der Waals surface area contributed by atoms with Crippen LogP contribution >= 0.6 is 0 Å². The fraction of sp³-hybridized carbons (Fsp3) is 0.471. The van der Waals surface area contributed by atoms with Crippen molar-refractivity contribution >= 4 is 11.9 Å². The molecular formula is C17H22O3. The molecule has 1 saturated heterocycles. The minimum Gasteiger partial charge on any atom is -0.353 e. The molecule has 108 valence electrons. The first kappa shape index (κ1) is 14.9. The Morgan fingerprint density at radius 2 is 2.05 bits per heavy atom. The summed E-state index contributed by atoms with van der Waals surface area (Å²) in [7, 11) is 0. The van der Waals surface area contributed by atoms with Crippen molar-refractivity contribution in [3.8, 4) is 0 Å². The van der Waals surface area contributed by atoms with E-state index in [9.17, 15) is 4.79 Å². The van der Waals surface area contributed by atoms with Gasteiger partial charge in [0.05, 0.1) is 0 Å². The van der Waals surface area contributed by atoms with Gasteiger partial charge in [-0.3, -0.25) is 4.79 Å². The van der Waals surface area contributed by atoms with E-state index < -0.39 is 5.60 Å². The Morgan fingerprint density at radius 1 is 1.30 bits per heavy atom. The second-order valence-electron chi connectivity index (χ2n) is 5.53. The summed E-state index contributed by atoms with van der Waals surface area (Å²) >= 11 is 0. The van der Waals surface area contributed by atoms with E-state index in [2.05, 4.69) is 0 Å². The van der Waals surface area contributed by atoms with E-state index in [1.807, 2.05) is 36.4 Å². The molecule has 0 bridgehead atoms. The van der Waals surface area contributed by atoms with Gasteiger partial charge in [-0.2, -0.15) is 0 Å². The van der Waals surface area contributed by atoms with E-state index in [1.54, 1.807) is 19.9 Å². The maximum absolute atomic E-state index is 12.2. The molecule has 3 nitrogen and oxygen atoms in total. The topological polar surface area (TPSA) is 35.5 Å². The van der Waals surface area contributed by atoms with Crippen molar-refractivity contribution in [1.82, 2.24) is 0 Å².